The summed E-state index contributed by atoms with van der Waals surface area (Å²) in [5.41, 5.74) is 1.67. The molecule has 2 aromatic heterocycles. The van der Waals surface area contributed by atoms with Gasteiger partial charge in [-0.05, 0) is 31.9 Å². The van der Waals surface area contributed by atoms with E-state index in [0.717, 1.165) is 23.5 Å². The number of carbonyl (C=O) groups excluding carboxylic acids is 1. The molecule has 0 N–H and O–H groups in total. The standard InChI is InChI=1S/C24H25F2N5O3S/c1-14-11-29(2)24(33)31(14)12-21(32)30-8-6-15(7-9-30)23-27-19(13-35-23)18-10-20(34-28-18)22-16(25)4-3-5-17(22)26/h3-5,11,13,15,20H,6-10,12H2,1-2H3. The Balaban J connectivity index is 1.18. The van der Waals surface area contributed by atoms with Crippen molar-refractivity contribution in [3.05, 3.63) is 73.9 Å². The second-order valence-corrected chi connectivity index (χ2v) is 9.84. The number of likely N-dealkylation sites (tertiary alicyclic amines) is 1. The van der Waals surface area contributed by atoms with Crippen LogP contribution in [0.4, 0.5) is 8.78 Å². The van der Waals surface area contributed by atoms with E-state index in [-0.39, 0.29) is 36.0 Å². The molecule has 1 saturated heterocycles. The number of rotatable bonds is 5. The second kappa shape index (κ2) is 9.37. The van der Waals surface area contributed by atoms with Gasteiger partial charge < -0.3 is 14.3 Å². The van der Waals surface area contributed by atoms with Gasteiger partial charge in [-0.1, -0.05) is 11.2 Å². The van der Waals surface area contributed by atoms with Gasteiger partial charge in [0.1, 0.15) is 23.9 Å². The molecule has 11 heteroatoms. The maximum Gasteiger partial charge on any atom is 0.328 e. The molecule has 0 saturated carbocycles. The van der Waals surface area contributed by atoms with Crippen LogP contribution in [0.2, 0.25) is 0 Å². The average molecular weight is 502 g/mol. The van der Waals surface area contributed by atoms with E-state index in [0.29, 0.717) is 24.5 Å². The Labute approximate surface area is 204 Å². The number of benzene rings is 1. The van der Waals surface area contributed by atoms with Crippen LogP contribution in [-0.2, 0) is 23.2 Å². The summed E-state index contributed by atoms with van der Waals surface area (Å²) in [5.74, 6) is -1.16. The molecule has 1 unspecified atom stereocenters. The Hall–Kier alpha value is -3.34. The van der Waals surface area contributed by atoms with E-state index in [9.17, 15) is 18.4 Å². The molecule has 0 aliphatic carbocycles. The van der Waals surface area contributed by atoms with Crippen LogP contribution >= 0.6 is 11.3 Å². The van der Waals surface area contributed by atoms with Crippen LogP contribution in [0.1, 0.15) is 53.2 Å². The SMILES string of the molecule is Cc1cn(C)c(=O)n1CC(=O)N1CCC(c2nc(C3=NOC(c4c(F)cccc4F)C3)cs2)CC1. The first-order valence-corrected chi connectivity index (χ1v) is 12.3. The fourth-order valence-corrected chi connectivity index (χ4v) is 5.66. The zero-order chi connectivity index (χ0) is 24.7. The van der Waals surface area contributed by atoms with Crippen molar-refractivity contribution in [3.63, 3.8) is 0 Å². The minimum absolute atomic E-state index is 0.0428. The van der Waals surface area contributed by atoms with Crippen LogP contribution in [-0.4, -0.2) is 43.7 Å². The molecule has 4 heterocycles. The largest absolute Gasteiger partial charge is 0.387 e. The number of oxime groups is 1. The fraction of sp³-hybridized carbons (Fsp3) is 0.417. The number of halogens is 2. The third-order valence-corrected chi connectivity index (χ3v) is 7.64. The van der Waals surface area contributed by atoms with Gasteiger partial charge in [0.15, 0.2) is 6.10 Å². The fourth-order valence-electron chi connectivity index (χ4n) is 4.66. The Morgan fingerprint density at radius 3 is 2.60 bits per heavy atom. The number of carbonyl (C=O) groups is 1. The van der Waals surface area contributed by atoms with Gasteiger partial charge in [-0.15, -0.1) is 11.3 Å². The van der Waals surface area contributed by atoms with Crippen LogP contribution in [0.3, 0.4) is 0 Å². The minimum Gasteiger partial charge on any atom is -0.387 e. The van der Waals surface area contributed by atoms with Gasteiger partial charge in [0, 0.05) is 49.7 Å². The molecule has 5 rings (SSSR count). The highest BCUT2D eigenvalue weighted by Gasteiger charge is 2.31. The third-order valence-electron chi connectivity index (χ3n) is 6.64. The number of piperidine rings is 1. The highest BCUT2D eigenvalue weighted by Crippen LogP contribution is 2.35. The van der Waals surface area contributed by atoms with Gasteiger partial charge >= 0.3 is 5.69 Å². The van der Waals surface area contributed by atoms with E-state index >= 15 is 0 Å². The quantitative estimate of drug-likeness (QED) is 0.536. The molecule has 1 amide bonds. The van der Waals surface area contributed by atoms with Gasteiger partial charge in [-0.2, -0.15) is 0 Å². The number of hydrogen-bond donors (Lipinski definition) is 0. The molecular weight excluding hydrogens is 476 g/mol. The molecule has 1 fully saturated rings. The van der Waals surface area contributed by atoms with Crippen LogP contribution in [0.15, 0.2) is 39.7 Å². The van der Waals surface area contributed by atoms with E-state index in [1.165, 1.54) is 38.7 Å². The summed E-state index contributed by atoms with van der Waals surface area (Å²) in [6, 6.07) is 3.73. The molecule has 2 aliphatic rings. The molecule has 184 valence electrons. The maximum atomic E-state index is 14.1. The second-order valence-electron chi connectivity index (χ2n) is 8.95. The number of aryl methyl sites for hydroxylation is 2. The van der Waals surface area contributed by atoms with Crippen molar-refractivity contribution in [2.75, 3.05) is 13.1 Å². The Kier molecular flexibility index (Phi) is 6.26. The predicted octanol–water partition coefficient (Wildman–Crippen LogP) is 3.50. The lowest BCUT2D eigenvalue weighted by molar-refractivity contribution is -0.133. The molecular formula is C24H25F2N5O3S. The molecule has 0 spiro atoms. The van der Waals surface area contributed by atoms with Crippen LogP contribution in [0, 0.1) is 18.6 Å². The predicted molar refractivity (Wildman–Crippen MR) is 126 cm³/mol. The molecule has 35 heavy (non-hydrogen) atoms. The monoisotopic (exact) mass is 501 g/mol. The lowest BCUT2D eigenvalue weighted by Crippen LogP contribution is -2.41. The Bertz CT molecular complexity index is 1330. The summed E-state index contributed by atoms with van der Waals surface area (Å²) in [7, 11) is 1.67. The van der Waals surface area contributed by atoms with E-state index < -0.39 is 17.7 Å². The first-order chi connectivity index (χ1) is 16.8. The van der Waals surface area contributed by atoms with E-state index in [2.05, 4.69) is 5.16 Å². The van der Waals surface area contributed by atoms with Crippen molar-refractivity contribution in [2.24, 2.45) is 12.2 Å². The zero-order valence-electron chi connectivity index (χ0n) is 19.4. The number of imidazole rings is 1. The number of thiazole rings is 1. The van der Waals surface area contributed by atoms with Crippen LogP contribution in [0.25, 0.3) is 0 Å². The van der Waals surface area contributed by atoms with Crippen molar-refractivity contribution in [2.45, 2.75) is 44.8 Å². The highest BCUT2D eigenvalue weighted by molar-refractivity contribution is 7.10. The summed E-state index contributed by atoms with van der Waals surface area (Å²) < 4.78 is 31.2. The van der Waals surface area contributed by atoms with Gasteiger partial charge in [0.05, 0.1) is 16.3 Å². The number of hydrogen-bond acceptors (Lipinski definition) is 6. The topological polar surface area (TPSA) is 81.7 Å². The third kappa shape index (κ3) is 4.52. The molecule has 3 aromatic rings. The molecule has 8 nitrogen and oxygen atoms in total. The zero-order valence-corrected chi connectivity index (χ0v) is 20.2. The number of amides is 1. The molecule has 0 bridgehead atoms. The number of aromatic nitrogens is 3. The average Bonchev–Trinajstić information content (AvgIpc) is 3.56. The first kappa shape index (κ1) is 23.4. The van der Waals surface area contributed by atoms with E-state index in [1.807, 2.05) is 12.3 Å². The lowest BCUT2D eigenvalue weighted by atomic mass is 9.97. The maximum absolute atomic E-state index is 14.1. The Morgan fingerprint density at radius 2 is 1.94 bits per heavy atom. The molecule has 1 atom stereocenters. The molecule has 2 aliphatic heterocycles. The van der Waals surface area contributed by atoms with Gasteiger partial charge in [0.2, 0.25) is 5.91 Å². The van der Waals surface area contributed by atoms with E-state index in [1.54, 1.807) is 18.1 Å². The van der Waals surface area contributed by atoms with Crippen LogP contribution in [0.5, 0.6) is 0 Å². The van der Waals surface area contributed by atoms with Crippen LogP contribution < -0.4 is 5.69 Å². The molecule has 1 aromatic carbocycles. The minimum atomic E-state index is -0.814. The summed E-state index contributed by atoms with van der Waals surface area (Å²) in [6.45, 7) is 3.05. The number of nitrogens with zero attached hydrogens (tertiary/aromatic N) is 5. The van der Waals surface area contributed by atoms with Crippen molar-refractivity contribution in [1.29, 1.82) is 0 Å². The smallest absolute Gasteiger partial charge is 0.328 e. The molecule has 0 radical (unpaired) electrons. The van der Waals surface area contributed by atoms with Gasteiger partial charge in [-0.25, -0.2) is 18.6 Å². The Morgan fingerprint density at radius 1 is 1.23 bits per heavy atom. The van der Waals surface area contributed by atoms with Crippen molar-refractivity contribution < 1.29 is 18.4 Å². The van der Waals surface area contributed by atoms with Gasteiger partial charge in [-0.3, -0.25) is 9.36 Å². The van der Waals surface area contributed by atoms with Crippen molar-refractivity contribution in [3.8, 4) is 0 Å². The summed E-state index contributed by atoms with van der Waals surface area (Å²) in [5, 5.41) is 6.88. The van der Waals surface area contributed by atoms with Crippen molar-refractivity contribution >= 4 is 23.0 Å². The summed E-state index contributed by atoms with van der Waals surface area (Å²) in [6.07, 6.45) is 2.69. The highest BCUT2D eigenvalue weighted by atomic mass is 32.1. The first-order valence-electron chi connectivity index (χ1n) is 11.4. The summed E-state index contributed by atoms with van der Waals surface area (Å²) in [4.78, 5) is 36.8. The van der Waals surface area contributed by atoms with Crippen molar-refractivity contribution in [1.82, 2.24) is 19.0 Å². The van der Waals surface area contributed by atoms with Gasteiger partial charge in [0.25, 0.3) is 0 Å². The normalized spacial score (nSPS) is 18.6. The summed E-state index contributed by atoms with van der Waals surface area (Å²) >= 11 is 1.52. The lowest BCUT2D eigenvalue weighted by Gasteiger charge is -2.31. The van der Waals surface area contributed by atoms with E-state index in [4.69, 9.17) is 9.82 Å².